The molecule has 0 saturated carbocycles. The minimum Gasteiger partial charge on any atom is -0.497 e. The summed E-state index contributed by atoms with van der Waals surface area (Å²) >= 11 is 2.27. The lowest BCUT2D eigenvalue weighted by Gasteiger charge is -2.43. The number of ether oxygens (including phenoxy) is 6. The summed E-state index contributed by atoms with van der Waals surface area (Å²) < 4.78 is 32.8. The maximum absolute atomic E-state index is 13.7. The van der Waals surface area contributed by atoms with Crippen LogP contribution in [0, 0.1) is 0 Å². The molecule has 43 heavy (non-hydrogen) atoms. The molecule has 0 aliphatic carbocycles. The van der Waals surface area contributed by atoms with E-state index < -0.39 is 59.8 Å². The van der Waals surface area contributed by atoms with Gasteiger partial charge in [-0.15, -0.1) is 11.3 Å². The second kappa shape index (κ2) is 13.8. The van der Waals surface area contributed by atoms with Gasteiger partial charge in [0.1, 0.15) is 11.4 Å². The van der Waals surface area contributed by atoms with Gasteiger partial charge in [-0.25, -0.2) is 4.99 Å². The Hall–Kier alpha value is -4.21. The molecule has 2 aliphatic heterocycles. The Kier molecular flexibility index (Phi) is 10.2. The Balaban J connectivity index is 1.78. The maximum Gasteiger partial charge on any atom is 0.305 e. The van der Waals surface area contributed by atoms with Crippen LogP contribution in [0.1, 0.15) is 32.6 Å². The van der Waals surface area contributed by atoms with Crippen molar-refractivity contribution in [3.05, 3.63) is 52.4 Å². The molecule has 2 aromatic rings. The normalized spacial score (nSPS) is 24.3. The number of carbonyl (C=O) groups excluding carboxylic acids is 5. The number of aliphatic imine (C=N–C) groups is 1. The number of hydrogen-bond donors (Lipinski definition) is 0. The van der Waals surface area contributed by atoms with E-state index >= 15 is 0 Å². The molecule has 1 saturated heterocycles. The van der Waals surface area contributed by atoms with Crippen LogP contribution in [-0.2, 0) is 47.7 Å². The number of amidine groups is 1. The van der Waals surface area contributed by atoms with E-state index in [0.717, 1.165) is 44.3 Å². The van der Waals surface area contributed by atoms with Crippen molar-refractivity contribution in [2.75, 3.05) is 12.0 Å². The number of carbonyl (C=O) groups is 5. The van der Waals surface area contributed by atoms with E-state index in [4.69, 9.17) is 28.4 Å². The summed E-state index contributed by atoms with van der Waals surface area (Å²) in [6.45, 7) is 4.46. The highest BCUT2D eigenvalue weighted by Gasteiger charge is 2.54. The zero-order chi connectivity index (χ0) is 31.3. The predicted octanol–water partition coefficient (Wildman–Crippen LogP) is 3.27. The van der Waals surface area contributed by atoms with Crippen LogP contribution >= 0.6 is 23.1 Å². The monoisotopic (exact) mass is 632 g/mol. The third-order valence-corrected chi connectivity index (χ3v) is 7.76. The number of amides is 1. The minimum absolute atomic E-state index is 0.117. The first kappa shape index (κ1) is 31.7. The molecule has 5 atom stereocenters. The van der Waals surface area contributed by atoms with Gasteiger partial charge in [0.2, 0.25) is 12.4 Å². The Morgan fingerprint density at radius 2 is 1.49 bits per heavy atom. The lowest BCUT2D eigenvalue weighted by Crippen LogP contribution is -2.61. The molecule has 1 aromatic heterocycles. The van der Waals surface area contributed by atoms with E-state index in [2.05, 4.69) is 4.99 Å². The van der Waals surface area contributed by atoms with E-state index in [0.29, 0.717) is 11.4 Å². The van der Waals surface area contributed by atoms with Gasteiger partial charge >= 0.3 is 23.9 Å². The summed E-state index contributed by atoms with van der Waals surface area (Å²) in [6.07, 6.45) is -4.26. The summed E-state index contributed by atoms with van der Waals surface area (Å²) in [6, 6.07) is 10.3. The number of esters is 4. The second-order valence-electron chi connectivity index (χ2n) is 9.10. The molecule has 0 unspecified atom stereocenters. The van der Waals surface area contributed by atoms with Crippen molar-refractivity contribution in [2.45, 2.75) is 57.7 Å². The molecule has 1 aromatic carbocycles. The van der Waals surface area contributed by atoms with Crippen LogP contribution in [0.4, 0.5) is 5.69 Å². The van der Waals surface area contributed by atoms with Gasteiger partial charge in [0.05, 0.1) is 12.8 Å². The third kappa shape index (κ3) is 7.80. The van der Waals surface area contributed by atoms with E-state index in [1.165, 1.54) is 23.3 Å². The van der Waals surface area contributed by atoms with Crippen LogP contribution in [0.2, 0.25) is 0 Å². The molecular weight excluding hydrogens is 604 g/mol. The number of hydrogen-bond acceptors (Lipinski definition) is 14. The molecule has 3 heterocycles. The van der Waals surface area contributed by atoms with E-state index in [-0.39, 0.29) is 10.9 Å². The smallest absolute Gasteiger partial charge is 0.305 e. The fraction of sp³-hybridized carbons (Fsp3) is 0.357. The van der Waals surface area contributed by atoms with Gasteiger partial charge < -0.3 is 28.4 Å². The minimum atomic E-state index is -1.57. The Labute approximate surface area is 254 Å². The van der Waals surface area contributed by atoms with Crippen molar-refractivity contribution < 1.29 is 52.4 Å². The number of benzene rings is 1. The van der Waals surface area contributed by atoms with E-state index in [1.807, 2.05) is 17.5 Å². The second-order valence-corrected chi connectivity index (χ2v) is 11.1. The van der Waals surface area contributed by atoms with Gasteiger partial charge in [-0.3, -0.25) is 28.9 Å². The Bertz CT molecular complexity index is 1440. The molecule has 0 N–H and O–H groups in total. The number of nitrogens with zero attached hydrogens (tertiary/aromatic N) is 2. The zero-order valence-electron chi connectivity index (χ0n) is 23.7. The van der Waals surface area contributed by atoms with Crippen molar-refractivity contribution in [3.63, 3.8) is 0 Å². The first-order chi connectivity index (χ1) is 20.5. The quantitative estimate of drug-likeness (QED) is 0.238. The van der Waals surface area contributed by atoms with Crippen molar-refractivity contribution in [3.8, 4) is 5.75 Å². The van der Waals surface area contributed by atoms with E-state index in [9.17, 15) is 24.0 Å². The SMILES string of the molecule is COc1ccc(N2C(=O)/C(=C/c3cccs3)N=C2S[C@@H]2O[C@H](OC(C)=O)[C@@H](OC(C)=O)[C@H](OC(C)=O)[C@H]2OC(C)=O)cc1. The molecule has 15 heteroatoms. The summed E-state index contributed by atoms with van der Waals surface area (Å²) in [7, 11) is 1.51. The summed E-state index contributed by atoms with van der Waals surface area (Å²) in [5.41, 5.74) is -0.707. The Morgan fingerprint density at radius 1 is 0.884 bits per heavy atom. The van der Waals surface area contributed by atoms with Crippen molar-refractivity contribution in [1.29, 1.82) is 0 Å². The van der Waals surface area contributed by atoms with Crippen LogP contribution in [-0.4, -0.2) is 72.1 Å². The van der Waals surface area contributed by atoms with Crippen LogP contribution in [0.5, 0.6) is 5.75 Å². The number of rotatable bonds is 8. The fourth-order valence-electron chi connectivity index (χ4n) is 4.24. The van der Waals surface area contributed by atoms with Crippen molar-refractivity contribution >= 4 is 69.8 Å². The number of thioether (sulfide) groups is 1. The van der Waals surface area contributed by atoms with Crippen LogP contribution in [0.15, 0.2) is 52.5 Å². The molecule has 228 valence electrons. The lowest BCUT2D eigenvalue weighted by molar-refractivity contribution is -0.280. The standard InChI is InChI=1S/C28H28N2O11S2/c1-14(31)37-22-23(38-15(2)32)26(40-17(4)34)41-27(24(22)39-16(3)33)43-28-29-21(13-20-7-6-12-42-20)25(35)30(28)18-8-10-19(36-5)11-9-18/h6-13,22-24,26-27H,1-5H3/b21-13-/t22-,23-,24+,26-,27-/m0/s1. The first-order valence-corrected chi connectivity index (χ1v) is 14.6. The molecular formula is C28H28N2O11S2. The first-order valence-electron chi connectivity index (χ1n) is 12.8. The number of methoxy groups -OCH3 is 1. The maximum atomic E-state index is 13.7. The molecule has 1 fully saturated rings. The average Bonchev–Trinajstić information content (AvgIpc) is 3.55. The van der Waals surface area contributed by atoms with Gasteiger partial charge in [0.15, 0.2) is 22.8 Å². The van der Waals surface area contributed by atoms with Gasteiger partial charge in [-0.2, -0.15) is 0 Å². The van der Waals surface area contributed by atoms with Gasteiger partial charge in [-0.1, -0.05) is 17.8 Å². The molecule has 1 amide bonds. The highest BCUT2D eigenvalue weighted by atomic mass is 32.2. The van der Waals surface area contributed by atoms with Crippen LogP contribution in [0.25, 0.3) is 6.08 Å². The third-order valence-electron chi connectivity index (χ3n) is 5.84. The van der Waals surface area contributed by atoms with Gasteiger partial charge in [-0.05, 0) is 41.8 Å². The van der Waals surface area contributed by atoms with E-state index in [1.54, 1.807) is 30.3 Å². The topological polar surface area (TPSA) is 156 Å². The lowest BCUT2D eigenvalue weighted by atomic mass is 10.0. The highest BCUT2D eigenvalue weighted by molar-refractivity contribution is 8.14. The van der Waals surface area contributed by atoms with Crippen LogP contribution < -0.4 is 9.64 Å². The van der Waals surface area contributed by atoms with Crippen molar-refractivity contribution in [2.24, 2.45) is 4.99 Å². The highest BCUT2D eigenvalue weighted by Crippen LogP contribution is 2.39. The summed E-state index contributed by atoms with van der Waals surface area (Å²) in [5, 5.41) is 1.98. The summed E-state index contributed by atoms with van der Waals surface area (Å²) in [4.78, 5) is 68.6. The number of anilines is 1. The van der Waals surface area contributed by atoms with Crippen molar-refractivity contribution in [1.82, 2.24) is 0 Å². The molecule has 13 nitrogen and oxygen atoms in total. The molecule has 2 aliphatic rings. The molecule has 4 rings (SSSR count). The average molecular weight is 633 g/mol. The largest absolute Gasteiger partial charge is 0.497 e. The summed E-state index contributed by atoms with van der Waals surface area (Å²) in [5.74, 6) is -3.03. The zero-order valence-corrected chi connectivity index (χ0v) is 25.3. The van der Waals surface area contributed by atoms with Crippen LogP contribution in [0.3, 0.4) is 0 Å². The molecule has 0 spiro atoms. The molecule has 0 radical (unpaired) electrons. The predicted molar refractivity (Wildman–Crippen MR) is 155 cm³/mol. The number of thiophene rings is 1. The van der Waals surface area contributed by atoms with Gasteiger partial charge in [0.25, 0.3) is 5.91 Å². The molecule has 0 bridgehead atoms. The fourth-order valence-corrected chi connectivity index (χ4v) is 6.05. The van der Waals surface area contributed by atoms with Gasteiger partial charge in [0, 0.05) is 32.6 Å². The Morgan fingerprint density at radius 3 is 2.05 bits per heavy atom.